The van der Waals surface area contributed by atoms with Crippen LogP contribution in [-0.4, -0.2) is 0 Å². The van der Waals surface area contributed by atoms with Crippen molar-refractivity contribution in [3.63, 3.8) is 0 Å². The molecule has 0 saturated carbocycles. The average molecular weight is 812 g/mol. The van der Waals surface area contributed by atoms with Crippen LogP contribution in [-0.2, 0) is 6.42 Å². The minimum Gasteiger partial charge on any atom is -0.311 e. The van der Waals surface area contributed by atoms with Crippen LogP contribution >= 0.6 is 0 Å². The minimum atomic E-state index is 0.798. The Bertz CT molecular complexity index is 3060. The van der Waals surface area contributed by atoms with Crippen LogP contribution in [0.1, 0.15) is 26.3 Å². The molecule has 63 heavy (non-hydrogen) atoms. The maximum atomic E-state index is 4.24. The van der Waals surface area contributed by atoms with Crippen molar-refractivity contribution in [2.24, 2.45) is 0 Å². The van der Waals surface area contributed by atoms with E-state index in [0.29, 0.717) is 0 Å². The number of hydrogen-bond donors (Lipinski definition) is 0. The molecule has 0 bridgehead atoms. The van der Waals surface area contributed by atoms with E-state index in [0.717, 1.165) is 34.6 Å². The fraction of sp³-hybridized carbons (Fsp3) is 0.0645. The second-order valence-electron chi connectivity index (χ2n) is 16.0. The Morgan fingerprint density at radius 3 is 1.48 bits per heavy atom. The Morgan fingerprint density at radius 1 is 0.460 bits per heavy atom. The van der Waals surface area contributed by atoms with Gasteiger partial charge in [0.15, 0.2) is 0 Å². The molecule has 0 N–H and O–H groups in total. The monoisotopic (exact) mass is 811 g/mol. The summed E-state index contributed by atoms with van der Waals surface area (Å²) in [6.07, 6.45) is 17.2. The maximum Gasteiger partial charge on any atom is 0.0462 e. The van der Waals surface area contributed by atoms with Gasteiger partial charge in [0.1, 0.15) is 0 Å². The maximum absolute atomic E-state index is 4.24. The van der Waals surface area contributed by atoms with Gasteiger partial charge in [-0.05, 0) is 165 Å². The van der Waals surface area contributed by atoms with Crippen molar-refractivity contribution in [2.75, 3.05) is 4.90 Å². The molecule has 0 radical (unpaired) electrons. The Morgan fingerprint density at radius 2 is 0.937 bits per heavy atom. The van der Waals surface area contributed by atoms with E-state index < -0.39 is 0 Å². The van der Waals surface area contributed by atoms with Crippen LogP contribution in [0.4, 0.5) is 17.1 Å². The van der Waals surface area contributed by atoms with Gasteiger partial charge in [-0.1, -0.05) is 189 Å². The summed E-state index contributed by atoms with van der Waals surface area (Å²) in [5.74, 6) is 0. The highest BCUT2D eigenvalue weighted by molar-refractivity contribution is 5.89. The Balaban J connectivity index is 1.12. The molecular formula is C62H53N. The zero-order chi connectivity index (χ0) is 43.5. The van der Waals surface area contributed by atoms with Gasteiger partial charge in [-0.3, -0.25) is 0 Å². The first-order valence-corrected chi connectivity index (χ1v) is 21.7. The minimum absolute atomic E-state index is 0.798. The number of benzene rings is 8. The molecule has 8 aromatic rings. The van der Waals surface area contributed by atoms with E-state index in [-0.39, 0.29) is 0 Å². The first-order chi connectivity index (χ1) is 30.9. The largest absolute Gasteiger partial charge is 0.311 e. The Labute approximate surface area is 374 Å². The standard InChI is InChI=1S/C62H53N/c1-6-8-15-45(3)46(4)23-26-53(47(5)16-9-7-2)41-48-24-35-60(36-25-48)63(62-39-33-52(34-40-62)58-29-27-49-17-10-12-19-54(49)43-58)61-37-31-51(32-38-61)56-21-14-22-57(42-56)59-30-28-50-18-11-13-20-55(50)44-59/h6-40,42-44H,1,3,41H2,2,4-5H3/b9-7-,15-8-,46-23+,47-16+,53-26+. The van der Waals surface area contributed by atoms with Gasteiger partial charge in [0.2, 0.25) is 0 Å². The summed E-state index contributed by atoms with van der Waals surface area (Å²) in [5.41, 5.74) is 16.3. The van der Waals surface area contributed by atoms with Crippen molar-refractivity contribution in [1.29, 1.82) is 0 Å². The topological polar surface area (TPSA) is 3.24 Å². The summed E-state index contributed by atoms with van der Waals surface area (Å²) in [6.45, 7) is 14.4. The molecule has 8 rings (SSSR count). The summed E-state index contributed by atoms with van der Waals surface area (Å²) in [7, 11) is 0. The Hall–Kier alpha value is -7.74. The predicted octanol–water partition coefficient (Wildman–Crippen LogP) is 17.7. The van der Waals surface area contributed by atoms with Crippen LogP contribution in [0.25, 0.3) is 54.9 Å². The first kappa shape index (κ1) is 42.0. The number of hydrogen-bond acceptors (Lipinski definition) is 1. The normalized spacial score (nSPS) is 12.4. The van der Waals surface area contributed by atoms with Crippen LogP contribution in [0.3, 0.4) is 0 Å². The van der Waals surface area contributed by atoms with Crippen molar-refractivity contribution in [3.8, 4) is 33.4 Å². The summed E-state index contributed by atoms with van der Waals surface area (Å²) in [4.78, 5) is 2.35. The molecular weight excluding hydrogens is 759 g/mol. The van der Waals surface area contributed by atoms with E-state index in [1.807, 2.05) is 19.1 Å². The van der Waals surface area contributed by atoms with Crippen molar-refractivity contribution in [2.45, 2.75) is 27.2 Å². The second kappa shape index (κ2) is 19.8. The van der Waals surface area contributed by atoms with Crippen molar-refractivity contribution in [3.05, 3.63) is 272 Å². The third-order valence-corrected chi connectivity index (χ3v) is 11.7. The van der Waals surface area contributed by atoms with Crippen molar-refractivity contribution >= 4 is 38.6 Å². The van der Waals surface area contributed by atoms with Crippen LogP contribution in [0, 0.1) is 0 Å². The van der Waals surface area contributed by atoms with E-state index >= 15 is 0 Å². The summed E-state index contributed by atoms with van der Waals surface area (Å²) in [5, 5.41) is 4.99. The highest BCUT2D eigenvalue weighted by Gasteiger charge is 2.15. The molecule has 8 aromatic carbocycles. The fourth-order valence-corrected chi connectivity index (χ4v) is 7.98. The summed E-state index contributed by atoms with van der Waals surface area (Å²) < 4.78 is 0. The lowest BCUT2D eigenvalue weighted by atomic mass is 9.96. The number of allylic oxidation sites excluding steroid dienone is 12. The van der Waals surface area contributed by atoms with Crippen molar-refractivity contribution in [1.82, 2.24) is 0 Å². The van der Waals surface area contributed by atoms with Gasteiger partial charge < -0.3 is 4.90 Å². The lowest BCUT2D eigenvalue weighted by Gasteiger charge is -2.26. The van der Waals surface area contributed by atoms with Gasteiger partial charge in [0.25, 0.3) is 0 Å². The third-order valence-electron chi connectivity index (χ3n) is 11.7. The van der Waals surface area contributed by atoms with Crippen molar-refractivity contribution < 1.29 is 0 Å². The van der Waals surface area contributed by atoms with Gasteiger partial charge in [-0.2, -0.15) is 0 Å². The van der Waals surface area contributed by atoms with Crippen LogP contribution in [0.15, 0.2) is 266 Å². The smallest absolute Gasteiger partial charge is 0.0462 e. The van der Waals surface area contributed by atoms with Gasteiger partial charge in [0.05, 0.1) is 0 Å². The molecule has 0 aliphatic heterocycles. The molecule has 0 aliphatic rings. The summed E-state index contributed by atoms with van der Waals surface area (Å²) in [6, 6.07) is 66.3. The SMILES string of the molecule is C=C/C=C\C(=C)/C(C)=C/C=C(Cc1ccc(N(c2ccc(-c3cccc(-c4ccc5ccccc5c4)c3)cc2)c2ccc(-c3ccc4ccccc4c3)cc2)cc1)/C(C)=C/C=C\C. The highest BCUT2D eigenvalue weighted by Crippen LogP contribution is 2.38. The molecule has 0 saturated heterocycles. The lowest BCUT2D eigenvalue weighted by molar-refractivity contribution is 1.14. The predicted molar refractivity (Wildman–Crippen MR) is 275 cm³/mol. The molecule has 1 heteroatoms. The van der Waals surface area contributed by atoms with Crippen LogP contribution in [0.2, 0.25) is 0 Å². The molecule has 0 aliphatic carbocycles. The zero-order valence-corrected chi connectivity index (χ0v) is 36.5. The van der Waals surface area contributed by atoms with Crippen LogP contribution < -0.4 is 4.90 Å². The van der Waals surface area contributed by atoms with Gasteiger partial charge in [0, 0.05) is 17.1 Å². The van der Waals surface area contributed by atoms with Crippen LogP contribution in [0.5, 0.6) is 0 Å². The fourth-order valence-electron chi connectivity index (χ4n) is 7.98. The Kier molecular flexibility index (Phi) is 13.2. The van der Waals surface area contributed by atoms with E-state index in [1.54, 1.807) is 6.08 Å². The molecule has 0 unspecified atom stereocenters. The van der Waals surface area contributed by atoms with E-state index in [4.69, 9.17) is 0 Å². The molecule has 0 atom stereocenters. The third kappa shape index (κ3) is 10.1. The van der Waals surface area contributed by atoms with Gasteiger partial charge in [-0.15, -0.1) is 0 Å². The second-order valence-corrected chi connectivity index (χ2v) is 16.0. The summed E-state index contributed by atoms with van der Waals surface area (Å²) >= 11 is 0. The molecule has 0 spiro atoms. The van der Waals surface area contributed by atoms with E-state index in [9.17, 15) is 0 Å². The molecule has 0 amide bonds. The number of nitrogens with zero attached hydrogens (tertiary/aromatic N) is 1. The quantitative estimate of drug-likeness (QED) is 0.0989. The lowest BCUT2D eigenvalue weighted by Crippen LogP contribution is -2.10. The molecule has 0 aromatic heterocycles. The van der Waals surface area contributed by atoms with Gasteiger partial charge in [-0.25, -0.2) is 0 Å². The van der Waals surface area contributed by atoms with Gasteiger partial charge >= 0.3 is 0 Å². The molecule has 0 heterocycles. The first-order valence-electron chi connectivity index (χ1n) is 21.7. The zero-order valence-electron chi connectivity index (χ0n) is 36.5. The van der Waals surface area contributed by atoms with E-state index in [2.05, 4.69) is 244 Å². The highest BCUT2D eigenvalue weighted by atomic mass is 15.1. The van der Waals surface area contributed by atoms with E-state index in [1.165, 1.54) is 71.6 Å². The average Bonchev–Trinajstić information content (AvgIpc) is 3.34. The number of anilines is 3. The number of fused-ring (bicyclic) bond motifs is 2. The molecule has 1 nitrogen and oxygen atoms in total. The molecule has 306 valence electrons. The number of rotatable bonds is 14. The molecule has 0 fully saturated rings.